The summed E-state index contributed by atoms with van der Waals surface area (Å²) in [7, 11) is 3.47. The molecule has 0 radical (unpaired) electrons. The largest absolute Gasteiger partial charge is 0.508 e. The Morgan fingerprint density at radius 3 is 2.14 bits per heavy atom. The van der Waals surface area contributed by atoms with E-state index in [-0.39, 0.29) is 17.7 Å². The molecule has 1 atom stereocenters. The van der Waals surface area contributed by atoms with Gasteiger partial charge < -0.3 is 15.3 Å². The second-order valence-corrected chi connectivity index (χ2v) is 5.23. The van der Waals surface area contributed by atoms with Crippen molar-refractivity contribution in [1.82, 2.24) is 4.90 Å². The Labute approximate surface area is 125 Å². The summed E-state index contributed by atoms with van der Waals surface area (Å²) in [6.45, 7) is 2.05. The second kappa shape index (κ2) is 6.31. The fourth-order valence-corrected chi connectivity index (χ4v) is 2.06. The van der Waals surface area contributed by atoms with E-state index in [9.17, 15) is 9.90 Å². The Bertz CT molecular complexity index is 604. The van der Waals surface area contributed by atoms with Gasteiger partial charge in [-0.25, -0.2) is 0 Å². The lowest BCUT2D eigenvalue weighted by Crippen LogP contribution is -2.21. The first-order valence-electron chi connectivity index (χ1n) is 6.84. The third kappa shape index (κ3) is 3.75. The van der Waals surface area contributed by atoms with Crippen LogP contribution in [0.3, 0.4) is 0 Å². The molecule has 2 aromatic carbocycles. The summed E-state index contributed by atoms with van der Waals surface area (Å²) < 4.78 is 0. The Hall–Kier alpha value is -2.49. The monoisotopic (exact) mass is 284 g/mol. The summed E-state index contributed by atoms with van der Waals surface area (Å²) in [5.74, 6) is 0.255. The molecular formula is C17H20N2O2. The van der Waals surface area contributed by atoms with E-state index in [1.54, 1.807) is 31.1 Å². The van der Waals surface area contributed by atoms with Gasteiger partial charge in [-0.3, -0.25) is 4.79 Å². The van der Waals surface area contributed by atoms with Crippen molar-refractivity contribution in [1.29, 1.82) is 0 Å². The molecular weight excluding hydrogens is 264 g/mol. The van der Waals surface area contributed by atoms with E-state index in [1.807, 2.05) is 43.3 Å². The van der Waals surface area contributed by atoms with Crippen LogP contribution in [-0.2, 0) is 0 Å². The SMILES string of the molecule is CC(Nc1ccc(C(=O)N(C)C)cc1)c1ccc(O)cc1. The van der Waals surface area contributed by atoms with Gasteiger partial charge in [-0.05, 0) is 48.9 Å². The van der Waals surface area contributed by atoms with Crippen LogP contribution in [0.5, 0.6) is 5.75 Å². The van der Waals surface area contributed by atoms with E-state index in [1.165, 1.54) is 0 Å². The zero-order chi connectivity index (χ0) is 15.4. The van der Waals surface area contributed by atoms with Crippen molar-refractivity contribution in [2.75, 3.05) is 19.4 Å². The molecule has 1 amide bonds. The van der Waals surface area contributed by atoms with Gasteiger partial charge in [0.25, 0.3) is 5.91 Å². The number of amides is 1. The molecule has 0 saturated heterocycles. The predicted molar refractivity (Wildman–Crippen MR) is 84.6 cm³/mol. The molecule has 2 rings (SSSR count). The average molecular weight is 284 g/mol. The molecule has 2 aromatic rings. The van der Waals surface area contributed by atoms with Crippen LogP contribution in [0.2, 0.25) is 0 Å². The Morgan fingerprint density at radius 1 is 1.05 bits per heavy atom. The first kappa shape index (κ1) is 14.9. The quantitative estimate of drug-likeness (QED) is 0.906. The van der Waals surface area contributed by atoms with Crippen molar-refractivity contribution in [3.8, 4) is 5.75 Å². The summed E-state index contributed by atoms with van der Waals surface area (Å²) in [6, 6.07) is 14.7. The highest BCUT2D eigenvalue weighted by molar-refractivity contribution is 5.94. The smallest absolute Gasteiger partial charge is 0.253 e. The summed E-state index contributed by atoms with van der Waals surface area (Å²) in [4.78, 5) is 13.4. The Balaban J connectivity index is 2.06. The number of hydrogen-bond acceptors (Lipinski definition) is 3. The molecule has 0 heterocycles. The standard InChI is InChI=1S/C17H20N2O2/c1-12(13-6-10-16(20)11-7-13)18-15-8-4-14(5-9-15)17(21)19(2)3/h4-12,18,20H,1-3H3. The van der Waals surface area contributed by atoms with Crippen molar-refractivity contribution in [2.45, 2.75) is 13.0 Å². The van der Waals surface area contributed by atoms with Crippen LogP contribution in [0.25, 0.3) is 0 Å². The van der Waals surface area contributed by atoms with Crippen LogP contribution in [-0.4, -0.2) is 30.0 Å². The van der Waals surface area contributed by atoms with E-state index in [4.69, 9.17) is 0 Å². The van der Waals surface area contributed by atoms with Crippen LogP contribution in [0.15, 0.2) is 48.5 Å². The molecule has 0 fully saturated rings. The maximum absolute atomic E-state index is 11.8. The fraction of sp³-hybridized carbons (Fsp3) is 0.235. The minimum absolute atomic E-state index is 0.00636. The Kier molecular flexibility index (Phi) is 4.48. The number of nitrogens with zero attached hydrogens (tertiary/aromatic N) is 1. The number of phenolic OH excluding ortho intramolecular Hbond substituents is 1. The molecule has 0 aliphatic rings. The number of carbonyl (C=O) groups excluding carboxylic acids is 1. The van der Waals surface area contributed by atoms with Crippen LogP contribution in [0, 0.1) is 0 Å². The number of phenols is 1. The lowest BCUT2D eigenvalue weighted by Gasteiger charge is -2.16. The highest BCUT2D eigenvalue weighted by atomic mass is 16.3. The van der Waals surface area contributed by atoms with Gasteiger partial charge in [-0.15, -0.1) is 0 Å². The second-order valence-electron chi connectivity index (χ2n) is 5.23. The number of carbonyl (C=O) groups is 1. The van der Waals surface area contributed by atoms with Gasteiger partial charge in [0.1, 0.15) is 5.75 Å². The topological polar surface area (TPSA) is 52.6 Å². The van der Waals surface area contributed by atoms with Crippen molar-refractivity contribution in [3.05, 3.63) is 59.7 Å². The lowest BCUT2D eigenvalue weighted by molar-refractivity contribution is 0.0827. The van der Waals surface area contributed by atoms with Gasteiger partial charge in [-0.2, -0.15) is 0 Å². The van der Waals surface area contributed by atoms with Crippen LogP contribution in [0.1, 0.15) is 28.9 Å². The number of nitrogens with one attached hydrogen (secondary N) is 1. The van der Waals surface area contributed by atoms with Crippen molar-refractivity contribution in [3.63, 3.8) is 0 Å². The molecule has 4 heteroatoms. The third-order valence-corrected chi connectivity index (χ3v) is 3.31. The Morgan fingerprint density at radius 2 is 1.62 bits per heavy atom. The maximum atomic E-state index is 11.8. The molecule has 1 unspecified atom stereocenters. The fourth-order valence-electron chi connectivity index (χ4n) is 2.06. The van der Waals surface area contributed by atoms with Gasteiger partial charge in [0.05, 0.1) is 0 Å². The summed E-state index contributed by atoms with van der Waals surface area (Å²) in [5.41, 5.74) is 2.70. The van der Waals surface area contributed by atoms with E-state index in [0.717, 1.165) is 11.3 Å². The molecule has 0 spiro atoms. The number of hydrogen-bond donors (Lipinski definition) is 2. The van der Waals surface area contributed by atoms with E-state index in [2.05, 4.69) is 5.32 Å². The minimum atomic E-state index is -0.00636. The van der Waals surface area contributed by atoms with Gasteiger partial charge in [0.2, 0.25) is 0 Å². The normalized spacial score (nSPS) is 11.8. The van der Waals surface area contributed by atoms with E-state index in [0.29, 0.717) is 5.56 Å². The van der Waals surface area contributed by atoms with E-state index >= 15 is 0 Å². The number of aromatic hydroxyl groups is 1. The molecule has 0 bridgehead atoms. The molecule has 0 aliphatic heterocycles. The van der Waals surface area contributed by atoms with E-state index < -0.39 is 0 Å². The first-order chi connectivity index (χ1) is 9.97. The zero-order valence-electron chi connectivity index (χ0n) is 12.5. The molecule has 2 N–H and O–H groups in total. The van der Waals surface area contributed by atoms with Crippen molar-refractivity contribution >= 4 is 11.6 Å². The first-order valence-corrected chi connectivity index (χ1v) is 6.84. The lowest BCUT2D eigenvalue weighted by atomic mass is 10.1. The van der Waals surface area contributed by atoms with Crippen LogP contribution in [0.4, 0.5) is 5.69 Å². The van der Waals surface area contributed by atoms with Crippen LogP contribution >= 0.6 is 0 Å². The van der Waals surface area contributed by atoms with Gasteiger partial charge >= 0.3 is 0 Å². The molecule has 110 valence electrons. The average Bonchev–Trinajstić information content (AvgIpc) is 2.47. The number of rotatable bonds is 4. The molecule has 4 nitrogen and oxygen atoms in total. The van der Waals surface area contributed by atoms with Gasteiger partial charge in [0, 0.05) is 31.4 Å². The number of benzene rings is 2. The van der Waals surface area contributed by atoms with Gasteiger partial charge in [-0.1, -0.05) is 12.1 Å². The van der Waals surface area contributed by atoms with Crippen molar-refractivity contribution < 1.29 is 9.90 Å². The third-order valence-electron chi connectivity index (χ3n) is 3.31. The highest BCUT2D eigenvalue weighted by Crippen LogP contribution is 2.21. The molecule has 0 saturated carbocycles. The number of anilines is 1. The summed E-state index contributed by atoms with van der Waals surface area (Å²) in [6.07, 6.45) is 0. The van der Waals surface area contributed by atoms with Crippen LogP contribution < -0.4 is 5.32 Å². The predicted octanol–water partition coefficient (Wildman–Crippen LogP) is 3.27. The minimum Gasteiger partial charge on any atom is -0.508 e. The zero-order valence-corrected chi connectivity index (χ0v) is 12.5. The molecule has 21 heavy (non-hydrogen) atoms. The molecule has 0 aliphatic carbocycles. The highest BCUT2D eigenvalue weighted by Gasteiger charge is 2.09. The summed E-state index contributed by atoms with van der Waals surface area (Å²) >= 11 is 0. The molecule has 0 aromatic heterocycles. The van der Waals surface area contributed by atoms with Gasteiger partial charge in [0.15, 0.2) is 0 Å². The summed E-state index contributed by atoms with van der Waals surface area (Å²) in [5, 5.41) is 12.7. The van der Waals surface area contributed by atoms with Crippen molar-refractivity contribution in [2.24, 2.45) is 0 Å². The maximum Gasteiger partial charge on any atom is 0.253 e.